The van der Waals surface area contributed by atoms with Crippen LogP contribution in [0.3, 0.4) is 0 Å². The van der Waals surface area contributed by atoms with E-state index in [1.54, 1.807) is 7.05 Å². The van der Waals surface area contributed by atoms with Crippen molar-refractivity contribution in [3.8, 4) is 0 Å². The molecule has 2 rings (SSSR count). The second-order valence-electron chi connectivity index (χ2n) is 5.81. The summed E-state index contributed by atoms with van der Waals surface area (Å²) in [5.41, 5.74) is 3.60. The Hall–Kier alpha value is -2.34. The fourth-order valence-electron chi connectivity index (χ4n) is 2.32. The first-order valence-corrected chi connectivity index (χ1v) is 8.86. The molecule has 0 aliphatic heterocycles. The summed E-state index contributed by atoms with van der Waals surface area (Å²) >= 11 is 3.43. The molecule has 6 heteroatoms. The van der Waals surface area contributed by atoms with E-state index < -0.39 is 0 Å². The monoisotopic (exact) mass is 403 g/mol. The normalized spacial score (nSPS) is 10.2. The summed E-state index contributed by atoms with van der Waals surface area (Å²) in [5.74, 6) is -0.233. The average Bonchev–Trinajstić information content (AvgIpc) is 2.58. The van der Waals surface area contributed by atoms with Crippen molar-refractivity contribution in [3.05, 3.63) is 58.1 Å². The minimum Gasteiger partial charge on any atom is -0.324 e. The van der Waals surface area contributed by atoms with Gasteiger partial charge in [-0.25, -0.2) is 4.79 Å². The predicted octanol–water partition coefficient (Wildman–Crippen LogP) is 4.42. The number of benzene rings is 2. The molecule has 0 aromatic heterocycles. The second kappa shape index (κ2) is 8.67. The van der Waals surface area contributed by atoms with Crippen LogP contribution in [0.4, 0.5) is 16.2 Å². The SMILES string of the molecule is CCc1ccccc1NC(=O)CN(C)C(=O)Nc1ccc(C)c(Br)c1. The third-order valence-electron chi connectivity index (χ3n) is 3.82. The van der Waals surface area contributed by atoms with Gasteiger partial charge in [0.2, 0.25) is 5.91 Å². The Bertz CT molecular complexity index is 777. The zero-order chi connectivity index (χ0) is 18.4. The zero-order valence-electron chi connectivity index (χ0n) is 14.6. The maximum Gasteiger partial charge on any atom is 0.322 e. The van der Waals surface area contributed by atoms with Crippen LogP contribution in [0.5, 0.6) is 0 Å². The van der Waals surface area contributed by atoms with Crippen LogP contribution in [0, 0.1) is 6.92 Å². The molecule has 0 aliphatic carbocycles. The standard InChI is InChI=1S/C19H22BrN3O2/c1-4-14-7-5-6-8-17(14)22-18(24)12-23(3)19(25)21-15-10-9-13(2)16(20)11-15/h5-11H,4,12H2,1-3H3,(H,21,25)(H,22,24). The lowest BCUT2D eigenvalue weighted by molar-refractivity contribution is -0.116. The van der Waals surface area contributed by atoms with Crippen molar-refractivity contribution in [2.45, 2.75) is 20.3 Å². The van der Waals surface area contributed by atoms with E-state index in [-0.39, 0.29) is 18.5 Å². The molecule has 2 aromatic carbocycles. The predicted molar refractivity (Wildman–Crippen MR) is 105 cm³/mol. The van der Waals surface area contributed by atoms with Crippen LogP contribution < -0.4 is 10.6 Å². The number of urea groups is 1. The maximum atomic E-state index is 12.2. The maximum absolute atomic E-state index is 12.2. The van der Waals surface area contributed by atoms with E-state index in [1.807, 2.05) is 56.3 Å². The van der Waals surface area contributed by atoms with Gasteiger partial charge in [-0.2, -0.15) is 0 Å². The van der Waals surface area contributed by atoms with Gasteiger partial charge in [-0.3, -0.25) is 4.79 Å². The Labute approximate surface area is 156 Å². The molecule has 0 heterocycles. The van der Waals surface area contributed by atoms with E-state index in [9.17, 15) is 9.59 Å². The van der Waals surface area contributed by atoms with Crippen molar-refractivity contribution in [3.63, 3.8) is 0 Å². The third kappa shape index (κ3) is 5.32. The summed E-state index contributed by atoms with van der Waals surface area (Å²) < 4.78 is 0.918. The Kier molecular flexibility index (Phi) is 6.58. The molecule has 0 saturated heterocycles. The number of anilines is 2. The summed E-state index contributed by atoms with van der Waals surface area (Å²) in [6, 6.07) is 12.9. The Morgan fingerprint density at radius 2 is 1.84 bits per heavy atom. The van der Waals surface area contributed by atoms with Crippen LogP contribution in [0.1, 0.15) is 18.1 Å². The van der Waals surface area contributed by atoms with Gasteiger partial charge in [0.25, 0.3) is 0 Å². The number of rotatable bonds is 5. The Morgan fingerprint density at radius 3 is 2.52 bits per heavy atom. The lowest BCUT2D eigenvalue weighted by Crippen LogP contribution is -2.37. The van der Waals surface area contributed by atoms with Crippen molar-refractivity contribution in [1.82, 2.24) is 4.90 Å². The highest BCUT2D eigenvalue weighted by atomic mass is 79.9. The number of aryl methyl sites for hydroxylation is 2. The fourth-order valence-corrected chi connectivity index (χ4v) is 2.70. The summed E-state index contributed by atoms with van der Waals surface area (Å²) in [6.07, 6.45) is 0.828. The molecule has 0 aliphatic rings. The first-order chi connectivity index (χ1) is 11.9. The smallest absolute Gasteiger partial charge is 0.322 e. The number of para-hydroxylation sites is 1. The van der Waals surface area contributed by atoms with Crippen molar-refractivity contribution in [1.29, 1.82) is 0 Å². The molecule has 2 N–H and O–H groups in total. The van der Waals surface area contributed by atoms with Gasteiger partial charge in [-0.05, 0) is 42.7 Å². The lowest BCUT2D eigenvalue weighted by atomic mass is 10.1. The van der Waals surface area contributed by atoms with Crippen LogP contribution in [0.25, 0.3) is 0 Å². The van der Waals surface area contributed by atoms with Gasteiger partial charge >= 0.3 is 6.03 Å². The number of likely N-dealkylation sites (N-methyl/N-ethyl adjacent to an activating group) is 1. The molecule has 5 nitrogen and oxygen atoms in total. The molecule has 0 atom stereocenters. The minimum absolute atomic E-state index is 0.0308. The van der Waals surface area contributed by atoms with Crippen LogP contribution in [-0.4, -0.2) is 30.4 Å². The molecule has 0 unspecified atom stereocenters. The Morgan fingerprint density at radius 1 is 1.12 bits per heavy atom. The zero-order valence-corrected chi connectivity index (χ0v) is 16.2. The number of nitrogens with one attached hydrogen (secondary N) is 2. The van der Waals surface area contributed by atoms with Crippen LogP contribution >= 0.6 is 15.9 Å². The van der Waals surface area contributed by atoms with E-state index in [0.29, 0.717) is 5.69 Å². The number of hydrogen-bond acceptors (Lipinski definition) is 2. The van der Waals surface area contributed by atoms with Gasteiger partial charge in [0.1, 0.15) is 6.54 Å². The van der Waals surface area contributed by atoms with E-state index in [1.165, 1.54) is 4.90 Å². The number of carbonyl (C=O) groups excluding carboxylic acids is 2. The van der Waals surface area contributed by atoms with Crippen molar-refractivity contribution >= 4 is 39.2 Å². The highest BCUT2D eigenvalue weighted by Crippen LogP contribution is 2.21. The average molecular weight is 404 g/mol. The van der Waals surface area contributed by atoms with Crippen molar-refractivity contribution < 1.29 is 9.59 Å². The van der Waals surface area contributed by atoms with Gasteiger partial charge < -0.3 is 15.5 Å². The molecular formula is C19H22BrN3O2. The van der Waals surface area contributed by atoms with Gasteiger partial charge in [-0.1, -0.05) is 47.1 Å². The van der Waals surface area contributed by atoms with Gasteiger partial charge in [-0.15, -0.1) is 0 Å². The van der Waals surface area contributed by atoms with Gasteiger partial charge in [0.15, 0.2) is 0 Å². The second-order valence-corrected chi connectivity index (χ2v) is 6.66. The van der Waals surface area contributed by atoms with E-state index in [0.717, 1.165) is 27.7 Å². The molecule has 3 amide bonds. The number of carbonyl (C=O) groups is 2. The number of nitrogens with zero attached hydrogens (tertiary/aromatic N) is 1. The topological polar surface area (TPSA) is 61.4 Å². The summed E-state index contributed by atoms with van der Waals surface area (Å²) in [4.78, 5) is 25.8. The Balaban J connectivity index is 1.93. The number of hydrogen-bond donors (Lipinski definition) is 2. The molecule has 132 valence electrons. The molecule has 0 radical (unpaired) electrons. The van der Waals surface area contributed by atoms with Gasteiger partial charge in [0, 0.05) is 22.9 Å². The highest BCUT2D eigenvalue weighted by Gasteiger charge is 2.14. The first-order valence-electron chi connectivity index (χ1n) is 8.06. The molecule has 0 fully saturated rings. The quantitative estimate of drug-likeness (QED) is 0.775. The summed E-state index contributed by atoms with van der Waals surface area (Å²) in [6.45, 7) is 3.97. The van der Waals surface area contributed by atoms with E-state index >= 15 is 0 Å². The first kappa shape index (κ1) is 19.0. The van der Waals surface area contributed by atoms with Crippen molar-refractivity contribution in [2.75, 3.05) is 24.2 Å². The molecule has 0 bridgehead atoms. The van der Waals surface area contributed by atoms with Crippen LogP contribution in [0.15, 0.2) is 46.9 Å². The van der Waals surface area contributed by atoms with E-state index in [4.69, 9.17) is 0 Å². The number of amides is 3. The largest absolute Gasteiger partial charge is 0.324 e. The number of halogens is 1. The molecule has 0 saturated carbocycles. The lowest BCUT2D eigenvalue weighted by Gasteiger charge is -2.18. The fraction of sp³-hybridized carbons (Fsp3) is 0.263. The summed E-state index contributed by atoms with van der Waals surface area (Å²) in [5, 5.41) is 5.64. The highest BCUT2D eigenvalue weighted by molar-refractivity contribution is 9.10. The third-order valence-corrected chi connectivity index (χ3v) is 4.68. The minimum atomic E-state index is -0.338. The molecular weight excluding hydrogens is 382 g/mol. The summed E-state index contributed by atoms with van der Waals surface area (Å²) in [7, 11) is 1.59. The van der Waals surface area contributed by atoms with Gasteiger partial charge in [0.05, 0.1) is 0 Å². The van der Waals surface area contributed by atoms with Crippen LogP contribution in [0.2, 0.25) is 0 Å². The van der Waals surface area contributed by atoms with E-state index in [2.05, 4.69) is 26.6 Å². The molecule has 2 aromatic rings. The molecule has 25 heavy (non-hydrogen) atoms. The molecule has 0 spiro atoms. The van der Waals surface area contributed by atoms with Crippen LogP contribution in [-0.2, 0) is 11.2 Å². The van der Waals surface area contributed by atoms with Crippen molar-refractivity contribution in [2.24, 2.45) is 0 Å².